The molecule has 2 fully saturated rings. The maximum atomic E-state index is 12.9. The molecule has 0 bridgehead atoms. The summed E-state index contributed by atoms with van der Waals surface area (Å²) >= 11 is 0. The molecule has 2 aromatic rings. The summed E-state index contributed by atoms with van der Waals surface area (Å²) < 4.78 is 27.2. The Morgan fingerprint density at radius 2 is 1.58 bits per heavy atom. The lowest BCUT2D eigenvalue weighted by molar-refractivity contribution is -0.120. The Bertz CT molecular complexity index is 1080. The fraction of sp³-hybridized carbons (Fsp3) is 0.417. The molecule has 2 amide bonds. The average Bonchev–Trinajstić information content (AvgIpc) is 2.85. The Balaban J connectivity index is 1.36. The van der Waals surface area contributed by atoms with Crippen molar-refractivity contribution in [3.05, 3.63) is 60.2 Å². The Hall–Kier alpha value is -2.75. The number of anilines is 1. The van der Waals surface area contributed by atoms with Gasteiger partial charge in [0.2, 0.25) is 15.9 Å². The molecule has 0 aliphatic carbocycles. The van der Waals surface area contributed by atoms with Gasteiger partial charge in [-0.25, -0.2) is 8.42 Å². The van der Waals surface area contributed by atoms with Crippen molar-refractivity contribution in [1.29, 1.82) is 0 Å². The molecule has 1 N–H and O–H groups in total. The van der Waals surface area contributed by atoms with Gasteiger partial charge in [-0.3, -0.25) is 9.59 Å². The molecule has 176 valence electrons. The highest BCUT2D eigenvalue weighted by atomic mass is 32.2. The smallest absolute Gasteiger partial charge is 0.253 e. The third-order valence-electron chi connectivity index (χ3n) is 6.33. The summed E-state index contributed by atoms with van der Waals surface area (Å²) in [6.45, 7) is 3.69. The number of piperazine rings is 1. The molecule has 2 saturated heterocycles. The molecule has 9 heteroatoms. The lowest BCUT2D eigenvalue weighted by Gasteiger charge is -2.32. The van der Waals surface area contributed by atoms with E-state index in [1.165, 1.54) is 4.31 Å². The van der Waals surface area contributed by atoms with Crippen molar-refractivity contribution in [1.82, 2.24) is 14.1 Å². The first-order chi connectivity index (χ1) is 15.8. The standard InChI is InChI=1S/C24H30N4O4S/c1-26-14-16-27(17-15-26)24(30)19-9-11-21(12-10-19)25-23(29)20-6-5-13-28(18-20)33(31,32)22-7-3-2-4-8-22/h2-4,7-12,20H,5-6,13-18H2,1H3,(H,25,29)/t20-/m1/s1. The van der Waals surface area contributed by atoms with E-state index in [0.717, 1.165) is 13.1 Å². The Kier molecular flexibility index (Phi) is 7.11. The van der Waals surface area contributed by atoms with Crippen LogP contribution in [0, 0.1) is 5.92 Å². The SMILES string of the molecule is CN1CCN(C(=O)c2ccc(NC(=O)[C@@H]3CCCN(S(=O)(=O)c4ccccc4)C3)cc2)CC1. The second kappa shape index (κ2) is 10.0. The number of benzene rings is 2. The average molecular weight is 471 g/mol. The quantitative estimate of drug-likeness (QED) is 0.723. The number of hydrogen-bond acceptors (Lipinski definition) is 5. The van der Waals surface area contributed by atoms with Gasteiger partial charge in [-0.1, -0.05) is 18.2 Å². The molecule has 0 saturated carbocycles. The maximum Gasteiger partial charge on any atom is 0.253 e. The molecule has 1 atom stereocenters. The molecule has 0 radical (unpaired) electrons. The van der Waals surface area contributed by atoms with Crippen LogP contribution in [0.1, 0.15) is 23.2 Å². The number of nitrogens with zero attached hydrogens (tertiary/aromatic N) is 3. The first kappa shape index (κ1) is 23.4. The minimum absolute atomic E-state index is 0.00461. The molecule has 2 heterocycles. The number of hydrogen-bond donors (Lipinski definition) is 1. The normalized spacial score (nSPS) is 20.4. The summed E-state index contributed by atoms with van der Waals surface area (Å²) in [6.07, 6.45) is 1.26. The predicted octanol–water partition coefficient (Wildman–Crippen LogP) is 2.11. The summed E-state index contributed by atoms with van der Waals surface area (Å²) in [5.74, 6) is -0.639. The zero-order valence-corrected chi connectivity index (χ0v) is 19.6. The number of rotatable bonds is 5. The second-order valence-electron chi connectivity index (χ2n) is 8.68. The van der Waals surface area contributed by atoms with E-state index in [-0.39, 0.29) is 23.3 Å². The van der Waals surface area contributed by atoms with Gasteiger partial charge in [-0.2, -0.15) is 4.31 Å². The van der Waals surface area contributed by atoms with E-state index < -0.39 is 15.9 Å². The molecule has 0 unspecified atom stereocenters. The van der Waals surface area contributed by atoms with E-state index in [4.69, 9.17) is 0 Å². The lowest BCUT2D eigenvalue weighted by Crippen LogP contribution is -2.47. The fourth-order valence-electron chi connectivity index (χ4n) is 4.25. The minimum atomic E-state index is -3.62. The predicted molar refractivity (Wildman–Crippen MR) is 126 cm³/mol. The van der Waals surface area contributed by atoms with Gasteiger partial charge < -0.3 is 15.1 Å². The van der Waals surface area contributed by atoms with Gasteiger partial charge in [0.15, 0.2) is 0 Å². The zero-order chi connectivity index (χ0) is 23.4. The van der Waals surface area contributed by atoms with Crippen molar-refractivity contribution in [2.24, 2.45) is 5.92 Å². The summed E-state index contributed by atoms with van der Waals surface area (Å²) in [5.41, 5.74) is 1.19. The van der Waals surface area contributed by atoms with Gasteiger partial charge in [0.05, 0.1) is 10.8 Å². The highest BCUT2D eigenvalue weighted by Crippen LogP contribution is 2.25. The monoisotopic (exact) mass is 470 g/mol. The summed E-state index contributed by atoms with van der Waals surface area (Å²) in [4.78, 5) is 29.8. The van der Waals surface area contributed by atoms with Gasteiger partial charge in [0, 0.05) is 50.5 Å². The first-order valence-electron chi connectivity index (χ1n) is 11.3. The lowest BCUT2D eigenvalue weighted by atomic mass is 9.98. The van der Waals surface area contributed by atoms with Crippen LogP contribution in [-0.2, 0) is 14.8 Å². The Labute approximate surface area is 195 Å². The highest BCUT2D eigenvalue weighted by Gasteiger charge is 2.33. The van der Waals surface area contributed by atoms with Crippen molar-refractivity contribution in [3.63, 3.8) is 0 Å². The van der Waals surface area contributed by atoms with E-state index in [1.807, 2.05) is 11.9 Å². The van der Waals surface area contributed by atoms with Crippen LogP contribution in [0.4, 0.5) is 5.69 Å². The largest absolute Gasteiger partial charge is 0.336 e. The van der Waals surface area contributed by atoms with Crippen LogP contribution in [-0.4, -0.2) is 80.7 Å². The van der Waals surface area contributed by atoms with Crippen LogP contribution in [0.5, 0.6) is 0 Å². The number of sulfonamides is 1. The molecule has 2 aromatic carbocycles. The van der Waals surface area contributed by atoms with E-state index >= 15 is 0 Å². The third kappa shape index (κ3) is 5.43. The molecule has 0 spiro atoms. The van der Waals surface area contributed by atoms with Crippen molar-refractivity contribution in [3.8, 4) is 0 Å². The molecular weight excluding hydrogens is 440 g/mol. The topological polar surface area (TPSA) is 90.0 Å². The second-order valence-corrected chi connectivity index (χ2v) is 10.6. The molecule has 33 heavy (non-hydrogen) atoms. The van der Waals surface area contributed by atoms with Crippen molar-refractivity contribution in [2.45, 2.75) is 17.7 Å². The van der Waals surface area contributed by atoms with Gasteiger partial charge in [0.25, 0.3) is 5.91 Å². The van der Waals surface area contributed by atoms with Crippen LogP contribution in [0.3, 0.4) is 0 Å². The van der Waals surface area contributed by atoms with Gasteiger partial charge >= 0.3 is 0 Å². The molecule has 8 nitrogen and oxygen atoms in total. The van der Waals surface area contributed by atoms with Crippen LogP contribution < -0.4 is 5.32 Å². The highest BCUT2D eigenvalue weighted by molar-refractivity contribution is 7.89. The fourth-order valence-corrected chi connectivity index (χ4v) is 5.79. The molecule has 2 aliphatic heterocycles. The van der Waals surface area contributed by atoms with E-state index in [0.29, 0.717) is 43.7 Å². The minimum Gasteiger partial charge on any atom is -0.336 e. The van der Waals surface area contributed by atoms with Gasteiger partial charge in [-0.15, -0.1) is 0 Å². The maximum absolute atomic E-state index is 12.9. The van der Waals surface area contributed by atoms with Crippen LogP contribution in [0.15, 0.2) is 59.5 Å². The molecule has 2 aliphatic rings. The summed E-state index contributed by atoms with van der Waals surface area (Å²) in [7, 11) is -1.58. The van der Waals surface area contributed by atoms with Gasteiger partial charge in [0.1, 0.15) is 0 Å². The molecule has 0 aromatic heterocycles. The van der Waals surface area contributed by atoms with E-state index in [1.54, 1.807) is 54.6 Å². The zero-order valence-electron chi connectivity index (χ0n) is 18.8. The van der Waals surface area contributed by atoms with Crippen molar-refractivity contribution in [2.75, 3.05) is 51.6 Å². The van der Waals surface area contributed by atoms with Crippen molar-refractivity contribution >= 4 is 27.5 Å². The molecule has 4 rings (SSSR count). The molecular formula is C24H30N4O4S. The van der Waals surface area contributed by atoms with Crippen LogP contribution >= 0.6 is 0 Å². The first-order valence-corrected chi connectivity index (χ1v) is 12.7. The number of carbonyl (C=O) groups is 2. The summed E-state index contributed by atoms with van der Waals surface area (Å²) in [5, 5.41) is 2.88. The van der Waals surface area contributed by atoms with Crippen LogP contribution in [0.2, 0.25) is 0 Å². The number of carbonyl (C=O) groups excluding carboxylic acids is 2. The number of amides is 2. The number of piperidine rings is 1. The van der Waals surface area contributed by atoms with E-state index in [9.17, 15) is 18.0 Å². The van der Waals surface area contributed by atoms with Crippen molar-refractivity contribution < 1.29 is 18.0 Å². The van der Waals surface area contributed by atoms with Crippen LogP contribution in [0.25, 0.3) is 0 Å². The van der Waals surface area contributed by atoms with Gasteiger partial charge in [-0.05, 0) is 56.3 Å². The Morgan fingerprint density at radius 1 is 0.909 bits per heavy atom. The Morgan fingerprint density at radius 3 is 2.24 bits per heavy atom. The number of nitrogens with one attached hydrogen (secondary N) is 1. The summed E-state index contributed by atoms with van der Waals surface area (Å²) in [6, 6.07) is 15.2. The van der Waals surface area contributed by atoms with E-state index in [2.05, 4.69) is 10.2 Å². The third-order valence-corrected chi connectivity index (χ3v) is 8.21. The number of likely N-dealkylation sites (N-methyl/N-ethyl adjacent to an activating group) is 1.